The zero-order valence-electron chi connectivity index (χ0n) is 12.5. The topological polar surface area (TPSA) is 32.5 Å². The molecule has 106 valence electrons. The van der Waals surface area contributed by atoms with Crippen molar-refractivity contribution in [3.63, 3.8) is 0 Å². The SMILES string of the molecule is CCN1CCN(CC(N)c2cc(C)ccc2C)CC1. The van der Waals surface area contributed by atoms with E-state index in [1.807, 2.05) is 0 Å². The second-order valence-electron chi connectivity index (χ2n) is 5.70. The van der Waals surface area contributed by atoms with E-state index in [4.69, 9.17) is 5.73 Å². The van der Waals surface area contributed by atoms with Crippen LogP contribution in [0.25, 0.3) is 0 Å². The molecular weight excluding hydrogens is 234 g/mol. The molecule has 1 aliphatic rings. The van der Waals surface area contributed by atoms with Gasteiger partial charge >= 0.3 is 0 Å². The molecule has 2 N–H and O–H groups in total. The predicted molar refractivity (Wildman–Crippen MR) is 81.4 cm³/mol. The molecule has 3 heteroatoms. The van der Waals surface area contributed by atoms with Crippen molar-refractivity contribution in [1.82, 2.24) is 9.80 Å². The molecule has 1 fully saturated rings. The number of rotatable bonds is 4. The van der Waals surface area contributed by atoms with E-state index in [-0.39, 0.29) is 6.04 Å². The summed E-state index contributed by atoms with van der Waals surface area (Å²) in [5.74, 6) is 0. The fourth-order valence-corrected chi connectivity index (χ4v) is 2.82. The molecule has 1 aromatic carbocycles. The maximum Gasteiger partial charge on any atom is 0.0427 e. The lowest BCUT2D eigenvalue weighted by Gasteiger charge is -2.35. The zero-order chi connectivity index (χ0) is 13.8. The van der Waals surface area contributed by atoms with Crippen molar-refractivity contribution in [3.8, 4) is 0 Å². The Morgan fingerprint density at radius 1 is 1.11 bits per heavy atom. The van der Waals surface area contributed by atoms with Gasteiger partial charge in [-0.05, 0) is 31.5 Å². The Balaban J connectivity index is 1.94. The van der Waals surface area contributed by atoms with Crippen LogP contribution >= 0.6 is 0 Å². The molecule has 0 saturated carbocycles. The highest BCUT2D eigenvalue weighted by Crippen LogP contribution is 2.19. The van der Waals surface area contributed by atoms with Crippen LogP contribution in [-0.4, -0.2) is 49.1 Å². The summed E-state index contributed by atoms with van der Waals surface area (Å²) in [4.78, 5) is 5.00. The van der Waals surface area contributed by atoms with E-state index >= 15 is 0 Å². The first-order chi connectivity index (χ1) is 9.10. The Morgan fingerprint density at radius 2 is 1.74 bits per heavy atom. The van der Waals surface area contributed by atoms with E-state index in [9.17, 15) is 0 Å². The van der Waals surface area contributed by atoms with Gasteiger partial charge in [-0.1, -0.05) is 30.7 Å². The lowest BCUT2D eigenvalue weighted by atomic mass is 9.99. The molecule has 0 radical (unpaired) electrons. The number of piperazine rings is 1. The van der Waals surface area contributed by atoms with Gasteiger partial charge < -0.3 is 10.6 Å². The third kappa shape index (κ3) is 3.78. The molecule has 3 nitrogen and oxygen atoms in total. The molecule has 0 aliphatic carbocycles. The van der Waals surface area contributed by atoms with Gasteiger partial charge in [0.05, 0.1) is 0 Å². The van der Waals surface area contributed by atoms with E-state index < -0.39 is 0 Å². The van der Waals surface area contributed by atoms with E-state index in [0.29, 0.717) is 0 Å². The van der Waals surface area contributed by atoms with Crippen molar-refractivity contribution in [2.45, 2.75) is 26.8 Å². The van der Waals surface area contributed by atoms with Gasteiger partial charge in [0, 0.05) is 38.8 Å². The smallest absolute Gasteiger partial charge is 0.0427 e. The van der Waals surface area contributed by atoms with Gasteiger partial charge in [-0.25, -0.2) is 0 Å². The second-order valence-corrected chi connectivity index (χ2v) is 5.70. The zero-order valence-corrected chi connectivity index (χ0v) is 12.5. The van der Waals surface area contributed by atoms with Gasteiger partial charge in [-0.15, -0.1) is 0 Å². The monoisotopic (exact) mass is 261 g/mol. The molecule has 2 rings (SSSR count). The summed E-state index contributed by atoms with van der Waals surface area (Å²) < 4.78 is 0. The third-order valence-corrected chi connectivity index (χ3v) is 4.20. The molecule has 1 aromatic rings. The number of nitrogens with zero attached hydrogens (tertiary/aromatic N) is 2. The summed E-state index contributed by atoms with van der Waals surface area (Å²) in [6.45, 7) is 13.3. The van der Waals surface area contributed by atoms with Crippen LogP contribution in [0.1, 0.15) is 29.7 Å². The van der Waals surface area contributed by atoms with Crippen LogP contribution in [0.5, 0.6) is 0 Å². The molecular formula is C16H27N3. The van der Waals surface area contributed by atoms with Gasteiger partial charge in [0.1, 0.15) is 0 Å². The van der Waals surface area contributed by atoms with Crippen LogP contribution < -0.4 is 5.73 Å². The Bertz CT molecular complexity index is 408. The summed E-state index contributed by atoms with van der Waals surface area (Å²) in [5.41, 5.74) is 10.3. The average Bonchev–Trinajstić information content (AvgIpc) is 2.42. The number of nitrogens with two attached hydrogens (primary N) is 1. The van der Waals surface area contributed by atoms with Crippen LogP contribution in [0, 0.1) is 13.8 Å². The van der Waals surface area contributed by atoms with Crippen LogP contribution in [0.15, 0.2) is 18.2 Å². The van der Waals surface area contributed by atoms with Gasteiger partial charge in [0.15, 0.2) is 0 Å². The summed E-state index contributed by atoms with van der Waals surface area (Å²) in [6.07, 6.45) is 0. The molecule has 1 saturated heterocycles. The van der Waals surface area contributed by atoms with Crippen LogP contribution in [0.2, 0.25) is 0 Å². The Hall–Kier alpha value is -0.900. The Kier molecular flexibility index (Phi) is 4.97. The molecule has 1 unspecified atom stereocenters. The number of hydrogen-bond donors (Lipinski definition) is 1. The van der Waals surface area contributed by atoms with E-state index in [0.717, 1.165) is 26.2 Å². The molecule has 0 aromatic heterocycles. The average molecular weight is 261 g/mol. The van der Waals surface area contributed by atoms with Crippen LogP contribution in [0.3, 0.4) is 0 Å². The first kappa shape index (κ1) is 14.5. The lowest BCUT2D eigenvalue weighted by Crippen LogP contribution is -2.48. The first-order valence-corrected chi connectivity index (χ1v) is 7.37. The summed E-state index contributed by atoms with van der Waals surface area (Å²) in [7, 11) is 0. The lowest BCUT2D eigenvalue weighted by molar-refractivity contribution is 0.131. The molecule has 0 spiro atoms. The molecule has 0 amide bonds. The minimum Gasteiger partial charge on any atom is -0.323 e. The maximum absolute atomic E-state index is 6.41. The van der Waals surface area contributed by atoms with E-state index in [2.05, 4.69) is 48.8 Å². The number of aryl methyl sites for hydroxylation is 2. The molecule has 19 heavy (non-hydrogen) atoms. The fourth-order valence-electron chi connectivity index (χ4n) is 2.82. The first-order valence-electron chi connectivity index (χ1n) is 7.37. The van der Waals surface area contributed by atoms with Crippen LogP contribution in [-0.2, 0) is 0 Å². The van der Waals surface area contributed by atoms with Crippen molar-refractivity contribution in [2.24, 2.45) is 5.73 Å². The van der Waals surface area contributed by atoms with E-state index in [1.165, 1.54) is 29.8 Å². The summed E-state index contributed by atoms with van der Waals surface area (Å²) in [6, 6.07) is 6.71. The van der Waals surface area contributed by atoms with Crippen molar-refractivity contribution < 1.29 is 0 Å². The largest absolute Gasteiger partial charge is 0.323 e. The highest BCUT2D eigenvalue weighted by molar-refractivity contribution is 5.33. The number of likely N-dealkylation sites (N-methyl/N-ethyl adjacent to an activating group) is 1. The number of benzene rings is 1. The van der Waals surface area contributed by atoms with Crippen molar-refractivity contribution in [2.75, 3.05) is 39.3 Å². The minimum absolute atomic E-state index is 0.132. The van der Waals surface area contributed by atoms with E-state index in [1.54, 1.807) is 0 Å². The summed E-state index contributed by atoms with van der Waals surface area (Å²) >= 11 is 0. The normalized spacial score (nSPS) is 19.6. The standard InChI is InChI=1S/C16H27N3/c1-4-18-7-9-19(10-8-18)12-16(17)15-11-13(2)5-6-14(15)3/h5-6,11,16H,4,7-10,12,17H2,1-3H3. The van der Waals surface area contributed by atoms with Crippen molar-refractivity contribution in [1.29, 1.82) is 0 Å². The van der Waals surface area contributed by atoms with Crippen LogP contribution in [0.4, 0.5) is 0 Å². The highest BCUT2D eigenvalue weighted by Gasteiger charge is 2.19. The minimum atomic E-state index is 0.132. The maximum atomic E-state index is 6.41. The number of hydrogen-bond acceptors (Lipinski definition) is 3. The third-order valence-electron chi connectivity index (χ3n) is 4.20. The quantitative estimate of drug-likeness (QED) is 0.899. The molecule has 1 aliphatic heterocycles. The molecule has 1 atom stereocenters. The second kappa shape index (κ2) is 6.51. The van der Waals surface area contributed by atoms with Gasteiger partial charge in [-0.3, -0.25) is 4.90 Å². The fraction of sp³-hybridized carbons (Fsp3) is 0.625. The highest BCUT2D eigenvalue weighted by atomic mass is 15.3. The van der Waals surface area contributed by atoms with Crippen molar-refractivity contribution >= 4 is 0 Å². The van der Waals surface area contributed by atoms with Gasteiger partial charge in [0.2, 0.25) is 0 Å². The van der Waals surface area contributed by atoms with Gasteiger partial charge in [-0.2, -0.15) is 0 Å². The Labute approximate surface area is 117 Å². The van der Waals surface area contributed by atoms with Crippen molar-refractivity contribution in [3.05, 3.63) is 34.9 Å². The predicted octanol–water partition coefficient (Wildman–Crippen LogP) is 1.94. The molecule has 0 bridgehead atoms. The Morgan fingerprint density at radius 3 is 2.37 bits per heavy atom. The summed E-state index contributed by atoms with van der Waals surface area (Å²) in [5, 5.41) is 0. The molecule has 1 heterocycles. The van der Waals surface area contributed by atoms with Gasteiger partial charge in [0.25, 0.3) is 0 Å².